The quantitative estimate of drug-likeness (QED) is 0.708. The zero-order chi connectivity index (χ0) is 10.8. The van der Waals surface area contributed by atoms with Crippen molar-refractivity contribution in [3.8, 4) is 0 Å². The lowest BCUT2D eigenvalue weighted by Crippen LogP contribution is -2.23. The molecule has 3 nitrogen and oxygen atoms in total. The molecule has 0 aliphatic carbocycles. The molecule has 0 aliphatic heterocycles. The molecule has 0 atom stereocenters. The maximum atomic E-state index is 10.9. The van der Waals surface area contributed by atoms with Gasteiger partial charge in [-0.3, -0.25) is 10.2 Å². The molecule has 0 spiro atoms. The fourth-order valence-corrected chi connectivity index (χ4v) is 1.58. The van der Waals surface area contributed by atoms with Crippen molar-refractivity contribution < 1.29 is 4.79 Å². The first-order chi connectivity index (χ1) is 7.20. The molecule has 0 aliphatic rings. The molecule has 2 aromatic rings. The molecule has 0 heterocycles. The number of rotatable bonds is 2. The number of benzene rings is 2. The van der Waals surface area contributed by atoms with Gasteiger partial charge in [0.2, 0.25) is 0 Å². The van der Waals surface area contributed by atoms with E-state index in [0.717, 1.165) is 10.8 Å². The highest BCUT2D eigenvalue weighted by Gasteiger charge is 2.10. The molecule has 2 aromatic carbocycles. The van der Waals surface area contributed by atoms with E-state index in [1.54, 1.807) is 6.07 Å². The average molecular weight is 198 g/mol. The Morgan fingerprint density at radius 1 is 1.07 bits per heavy atom. The van der Waals surface area contributed by atoms with Crippen LogP contribution in [-0.2, 0) is 4.79 Å². The Balaban J connectivity index is 2.71. The van der Waals surface area contributed by atoms with Crippen LogP contribution in [0, 0.1) is 5.41 Å². The summed E-state index contributed by atoms with van der Waals surface area (Å²) in [5.41, 5.74) is 5.53. The number of fused-ring (bicyclic) bond motifs is 1. The van der Waals surface area contributed by atoms with Gasteiger partial charge in [-0.1, -0.05) is 42.5 Å². The summed E-state index contributed by atoms with van der Waals surface area (Å²) in [7, 11) is 0. The van der Waals surface area contributed by atoms with Crippen molar-refractivity contribution >= 4 is 22.4 Å². The second kappa shape index (κ2) is 3.53. The van der Waals surface area contributed by atoms with E-state index in [2.05, 4.69) is 0 Å². The standard InChI is InChI=1S/C12H10N2O/c13-11(12(14)15)10-7-3-5-8-4-1-2-6-9(8)10/h1-7,13H,(H2,14,15). The van der Waals surface area contributed by atoms with Gasteiger partial charge in [0.05, 0.1) is 0 Å². The van der Waals surface area contributed by atoms with Crippen molar-refractivity contribution in [2.75, 3.05) is 0 Å². The molecule has 74 valence electrons. The molecular formula is C12H10N2O. The van der Waals surface area contributed by atoms with Crippen LogP contribution in [0.3, 0.4) is 0 Å². The first-order valence-corrected chi connectivity index (χ1v) is 4.56. The van der Waals surface area contributed by atoms with E-state index in [4.69, 9.17) is 11.1 Å². The number of hydrogen-bond acceptors (Lipinski definition) is 2. The molecule has 0 radical (unpaired) electrons. The monoisotopic (exact) mass is 198 g/mol. The summed E-state index contributed by atoms with van der Waals surface area (Å²) >= 11 is 0. The molecule has 15 heavy (non-hydrogen) atoms. The second-order valence-corrected chi connectivity index (χ2v) is 3.27. The SMILES string of the molecule is N=C(C(N)=O)c1cccc2ccccc12. The molecule has 0 aromatic heterocycles. The summed E-state index contributed by atoms with van der Waals surface area (Å²) in [6.07, 6.45) is 0. The van der Waals surface area contributed by atoms with E-state index in [9.17, 15) is 4.79 Å². The Morgan fingerprint density at radius 3 is 2.47 bits per heavy atom. The van der Waals surface area contributed by atoms with Crippen LogP contribution in [0.5, 0.6) is 0 Å². The van der Waals surface area contributed by atoms with Crippen molar-refractivity contribution in [3.63, 3.8) is 0 Å². The van der Waals surface area contributed by atoms with Crippen LogP contribution >= 0.6 is 0 Å². The molecule has 0 fully saturated rings. The van der Waals surface area contributed by atoms with Gasteiger partial charge in [0.15, 0.2) is 0 Å². The van der Waals surface area contributed by atoms with Gasteiger partial charge in [-0.15, -0.1) is 0 Å². The number of hydrogen-bond donors (Lipinski definition) is 2. The Morgan fingerprint density at radius 2 is 1.73 bits per heavy atom. The second-order valence-electron chi connectivity index (χ2n) is 3.27. The van der Waals surface area contributed by atoms with Gasteiger partial charge >= 0.3 is 0 Å². The van der Waals surface area contributed by atoms with E-state index in [0.29, 0.717) is 5.56 Å². The van der Waals surface area contributed by atoms with E-state index >= 15 is 0 Å². The summed E-state index contributed by atoms with van der Waals surface area (Å²) in [6.45, 7) is 0. The van der Waals surface area contributed by atoms with Crippen LogP contribution in [0.15, 0.2) is 42.5 Å². The highest BCUT2D eigenvalue weighted by Crippen LogP contribution is 2.18. The third-order valence-corrected chi connectivity index (χ3v) is 2.31. The van der Waals surface area contributed by atoms with Gasteiger partial charge in [-0.05, 0) is 10.8 Å². The van der Waals surface area contributed by atoms with Crippen LogP contribution in [-0.4, -0.2) is 11.6 Å². The first kappa shape index (κ1) is 9.40. The van der Waals surface area contributed by atoms with E-state index < -0.39 is 5.91 Å². The number of primary amides is 1. The molecule has 1 amide bonds. The van der Waals surface area contributed by atoms with Gasteiger partial charge in [0.1, 0.15) is 5.71 Å². The smallest absolute Gasteiger partial charge is 0.267 e. The first-order valence-electron chi connectivity index (χ1n) is 4.56. The minimum absolute atomic E-state index is 0.146. The Hall–Kier alpha value is -2.16. The molecule has 0 saturated carbocycles. The average Bonchev–Trinajstić information content (AvgIpc) is 2.27. The fourth-order valence-electron chi connectivity index (χ4n) is 1.58. The third-order valence-electron chi connectivity index (χ3n) is 2.31. The zero-order valence-electron chi connectivity index (χ0n) is 8.03. The minimum atomic E-state index is -0.702. The van der Waals surface area contributed by atoms with Crippen LogP contribution in [0.4, 0.5) is 0 Å². The van der Waals surface area contributed by atoms with Crippen LogP contribution in [0.2, 0.25) is 0 Å². The largest absolute Gasteiger partial charge is 0.364 e. The predicted molar refractivity (Wildman–Crippen MR) is 60.0 cm³/mol. The minimum Gasteiger partial charge on any atom is -0.364 e. The lowest BCUT2D eigenvalue weighted by atomic mass is 10.0. The molecule has 3 heteroatoms. The van der Waals surface area contributed by atoms with Crippen molar-refractivity contribution in [1.82, 2.24) is 0 Å². The van der Waals surface area contributed by atoms with Crippen LogP contribution < -0.4 is 5.73 Å². The zero-order valence-corrected chi connectivity index (χ0v) is 8.03. The maximum absolute atomic E-state index is 10.9. The lowest BCUT2D eigenvalue weighted by Gasteiger charge is -2.04. The van der Waals surface area contributed by atoms with Crippen molar-refractivity contribution in [2.45, 2.75) is 0 Å². The Bertz CT molecular complexity index is 541. The number of nitrogens with one attached hydrogen (secondary N) is 1. The van der Waals surface area contributed by atoms with Gasteiger partial charge in [0, 0.05) is 5.56 Å². The Kier molecular flexibility index (Phi) is 2.21. The van der Waals surface area contributed by atoms with Crippen molar-refractivity contribution in [3.05, 3.63) is 48.0 Å². The number of carbonyl (C=O) groups is 1. The van der Waals surface area contributed by atoms with Crippen LogP contribution in [0.25, 0.3) is 10.8 Å². The fraction of sp³-hybridized carbons (Fsp3) is 0. The molecule has 2 rings (SSSR count). The molecule has 3 N–H and O–H groups in total. The highest BCUT2D eigenvalue weighted by molar-refractivity contribution is 6.45. The summed E-state index contributed by atoms with van der Waals surface area (Å²) < 4.78 is 0. The van der Waals surface area contributed by atoms with Gasteiger partial charge in [0.25, 0.3) is 5.91 Å². The van der Waals surface area contributed by atoms with Gasteiger partial charge < -0.3 is 5.73 Å². The van der Waals surface area contributed by atoms with E-state index in [1.807, 2.05) is 36.4 Å². The van der Waals surface area contributed by atoms with Crippen LogP contribution in [0.1, 0.15) is 5.56 Å². The normalized spacial score (nSPS) is 10.1. The summed E-state index contributed by atoms with van der Waals surface area (Å²) in [4.78, 5) is 10.9. The predicted octanol–water partition coefficient (Wildman–Crippen LogP) is 1.69. The van der Waals surface area contributed by atoms with Gasteiger partial charge in [-0.25, -0.2) is 0 Å². The summed E-state index contributed by atoms with van der Waals surface area (Å²) in [5.74, 6) is -0.702. The third kappa shape index (κ3) is 1.59. The lowest BCUT2D eigenvalue weighted by molar-refractivity contribution is -0.112. The molecular weight excluding hydrogens is 188 g/mol. The summed E-state index contributed by atoms with van der Waals surface area (Å²) in [5, 5.41) is 9.47. The molecule has 0 unspecified atom stereocenters. The molecule has 0 saturated heterocycles. The van der Waals surface area contributed by atoms with Crippen molar-refractivity contribution in [2.24, 2.45) is 5.73 Å². The number of amides is 1. The number of nitrogens with two attached hydrogens (primary N) is 1. The summed E-state index contributed by atoms with van der Waals surface area (Å²) in [6, 6.07) is 13.1. The maximum Gasteiger partial charge on any atom is 0.267 e. The van der Waals surface area contributed by atoms with E-state index in [1.165, 1.54) is 0 Å². The topological polar surface area (TPSA) is 66.9 Å². The molecule has 0 bridgehead atoms. The van der Waals surface area contributed by atoms with E-state index in [-0.39, 0.29) is 5.71 Å². The van der Waals surface area contributed by atoms with Crippen molar-refractivity contribution in [1.29, 1.82) is 5.41 Å². The highest BCUT2D eigenvalue weighted by atomic mass is 16.1. The number of carbonyl (C=O) groups excluding carboxylic acids is 1. The Labute approximate surface area is 87.0 Å². The van der Waals surface area contributed by atoms with Gasteiger partial charge in [-0.2, -0.15) is 0 Å².